The van der Waals surface area contributed by atoms with E-state index in [0.717, 1.165) is 13.0 Å². The fraction of sp³-hybridized carbons (Fsp3) is 0.933. The molecular formula is C15H30F3N5O2S. The van der Waals surface area contributed by atoms with E-state index in [1.54, 1.807) is 7.05 Å². The first kappa shape index (κ1) is 23.0. The van der Waals surface area contributed by atoms with Gasteiger partial charge >= 0.3 is 15.5 Å². The summed E-state index contributed by atoms with van der Waals surface area (Å²) in [6, 6.07) is 0.361. The fourth-order valence-electron chi connectivity index (χ4n) is 2.66. The average molecular weight is 401 g/mol. The minimum atomic E-state index is -5.24. The van der Waals surface area contributed by atoms with Gasteiger partial charge in [0.05, 0.1) is 0 Å². The molecule has 26 heavy (non-hydrogen) atoms. The highest BCUT2D eigenvalue weighted by atomic mass is 32.2. The molecule has 0 aliphatic carbocycles. The highest BCUT2D eigenvalue weighted by molar-refractivity contribution is 7.90. The molecule has 0 radical (unpaired) electrons. The summed E-state index contributed by atoms with van der Waals surface area (Å²) in [5.74, 6) is 0.569. The van der Waals surface area contributed by atoms with Gasteiger partial charge in [-0.15, -0.1) is 0 Å². The molecule has 1 aliphatic heterocycles. The third kappa shape index (κ3) is 6.27. The van der Waals surface area contributed by atoms with E-state index in [4.69, 9.17) is 0 Å². The molecule has 0 saturated carbocycles. The molecule has 0 aromatic rings. The molecule has 0 aromatic carbocycles. The highest BCUT2D eigenvalue weighted by Gasteiger charge is 2.50. The normalized spacial score (nSPS) is 19.6. The molecule has 1 rings (SSSR count). The number of hydrogen-bond donors (Lipinski definition) is 2. The molecule has 1 fully saturated rings. The van der Waals surface area contributed by atoms with Crippen molar-refractivity contribution in [2.75, 3.05) is 40.3 Å². The van der Waals surface area contributed by atoms with Gasteiger partial charge in [-0.2, -0.15) is 17.5 Å². The first-order valence-corrected chi connectivity index (χ1v) is 10.2. The zero-order valence-electron chi connectivity index (χ0n) is 15.8. The predicted molar refractivity (Wildman–Crippen MR) is 96.5 cm³/mol. The van der Waals surface area contributed by atoms with E-state index < -0.39 is 15.5 Å². The number of rotatable bonds is 7. The van der Waals surface area contributed by atoms with E-state index in [2.05, 4.69) is 34.4 Å². The number of aliphatic imine (C=N–C) groups is 1. The summed E-state index contributed by atoms with van der Waals surface area (Å²) in [7, 11) is -1.57. The van der Waals surface area contributed by atoms with Gasteiger partial charge in [-0.3, -0.25) is 4.99 Å². The van der Waals surface area contributed by atoms with Crippen LogP contribution in [0.4, 0.5) is 13.2 Å². The third-order valence-electron chi connectivity index (χ3n) is 4.75. The van der Waals surface area contributed by atoms with Gasteiger partial charge in [-0.1, -0.05) is 6.92 Å². The van der Waals surface area contributed by atoms with Crippen LogP contribution in [0.2, 0.25) is 0 Å². The quantitative estimate of drug-likeness (QED) is 0.495. The van der Waals surface area contributed by atoms with Crippen LogP contribution in [-0.4, -0.2) is 81.4 Å². The van der Waals surface area contributed by atoms with Crippen molar-refractivity contribution in [1.29, 1.82) is 0 Å². The van der Waals surface area contributed by atoms with Gasteiger partial charge in [0.15, 0.2) is 5.96 Å². The molecule has 1 aliphatic rings. The Morgan fingerprint density at radius 3 is 2.38 bits per heavy atom. The first-order valence-electron chi connectivity index (χ1n) is 8.76. The van der Waals surface area contributed by atoms with Crippen LogP contribution < -0.4 is 10.6 Å². The lowest BCUT2D eigenvalue weighted by Crippen LogP contribution is -2.52. The van der Waals surface area contributed by atoms with Crippen molar-refractivity contribution in [3.63, 3.8) is 0 Å². The lowest BCUT2D eigenvalue weighted by atomic mass is 10.1. The molecule has 1 saturated heterocycles. The van der Waals surface area contributed by atoms with Crippen LogP contribution in [0.25, 0.3) is 0 Å². The summed E-state index contributed by atoms with van der Waals surface area (Å²) in [6.07, 6.45) is 1.65. The number of alkyl halides is 3. The number of sulfonamides is 1. The summed E-state index contributed by atoms with van der Waals surface area (Å²) >= 11 is 0. The standard InChI is InChI=1S/C15H30F3N5O2S/c1-5-12(2)22(4)11-8-20-14(19-3)21-13-6-9-23(10-7-13)26(24,25)15(16,17)18/h12-13H,5-11H2,1-4H3,(H2,19,20,21). The molecule has 7 nitrogen and oxygen atoms in total. The Labute approximate surface area is 154 Å². The maximum Gasteiger partial charge on any atom is 0.511 e. The van der Waals surface area contributed by atoms with Crippen molar-refractivity contribution >= 4 is 16.0 Å². The second kappa shape index (κ2) is 9.75. The number of guanidine groups is 1. The maximum absolute atomic E-state index is 12.6. The third-order valence-corrected chi connectivity index (χ3v) is 6.38. The van der Waals surface area contributed by atoms with Crippen molar-refractivity contribution in [2.45, 2.75) is 50.7 Å². The second-order valence-corrected chi connectivity index (χ2v) is 8.43. The summed E-state index contributed by atoms with van der Waals surface area (Å²) in [6.45, 7) is 5.47. The van der Waals surface area contributed by atoms with Crippen molar-refractivity contribution in [1.82, 2.24) is 19.8 Å². The molecule has 1 unspecified atom stereocenters. The predicted octanol–water partition coefficient (Wildman–Crippen LogP) is 1.20. The topological polar surface area (TPSA) is 77.0 Å². The summed E-state index contributed by atoms with van der Waals surface area (Å²) in [4.78, 5) is 6.34. The van der Waals surface area contributed by atoms with E-state index in [9.17, 15) is 21.6 Å². The molecule has 0 aromatic heterocycles. The Hall–Kier alpha value is -1.07. The molecule has 1 heterocycles. The molecule has 154 valence electrons. The van der Waals surface area contributed by atoms with Gasteiger partial charge in [0.1, 0.15) is 0 Å². The van der Waals surface area contributed by atoms with Crippen LogP contribution in [-0.2, 0) is 10.0 Å². The van der Waals surface area contributed by atoms with Crippen molar-refractivity contribution in [3.8, 4) is 0 Å². The van der Waals surface area contributed by atoms with Crippen LogP contribution in [0.15, 0.2) is 4.99 Å². The smallest absolute Gasteiger partial charge is 0.355 e. The van der Waals surface area contributed by atoms with Crippen LogP contribution in [0.3, 0.4) is 0 Å². The number of piperidine rings is 1. The Bertz CT molecular complexity index is 560. The molecule has 2 N–H and O–H groups in total. The van der Waals surface area contributed by atoms with Crippen LogP contribution in [0.1, 0.15) is 33.1 Å². The first-order chi connectivity index (χ1) is 12.0. The number of nitrogens with zero attached hydrogens (tertiary/aromatic N) is 3. The van der Waals surface area contributed by atoms with E-state index in [-0.39, 0.29) is 19.1 Å². The summed E-state index contributed by atoms with van der Waals surface area (Å²) in [5, 5.41) is 6.33. The summed E-state index contributed by atoms with van der Waals surface area (Å²) < 4.78 is 61.1. The van der Waals surface area contributed by atoms with Crippen LogP contribution >= 0.6 is 0 Å². The van der Waals surface area contributed by atoms with Gasteiger partial charge in [-0.05, 0) is 33.2 Å². The van der Waals surface area contributed by atoms with Crippen molar-refractivity contribution < 1.29 is 21.6 Å². The lowest BCUT2D eigenvalue weighted by Gasteiger charge is -2.32. The molecule has 0 bridgehead atoms. The van der Waals surface area contributed by atoms with E-state index in [1.807, 2.05) is 7.05 Å². The SMILES string of the molecule is CCC(C)N(C)CCNC(=NC)NC1CCN(S(=O)(=O)C(F)(F)F)CC1. The average Bonchev–Trinajstić information content (AvgIpc) is 2.59. The van der Waals surface area contributed by atoms with Gasteiger partial charge < -0.3 is 15.5 Å². The Morgan fingerprint density at radius 1 is 1.35 bits per heavy atom. The Morgan fingerprint density at radius 2 is 1.92 bits per heavy atom. The van der Waals surface area contributed by atoms with Gasteiger partial charge in [0, 0.05) is 45.3 Å². The van der Waals surface area contributed by atoms with Crippen molar-refractivity contribution in [2.24, 2.45) is 4.99 Å². The molecule has 1 atom stereocenters. The fourth-order valence-corrected chi connectivity index (χ4v) is 3.64. The number of nitrogens with one attached hydrogen (secondary N) is 2. The van der Waals surface area contributed by atoms with E-state index >= 15 is 0 Å². The van der Waals surface area contributed by atoms with Crippen LogP contribution in [0.5, 0.6) is 0 Å². The highest BCUT2D eigenvalue weighted by Crippen LogP contribution is 2.28. The van der Waals surface area contributed by atoms with E-state index in [0.29, 0.717) is 35.7 Å². The summed E-state index contributed by atoms with van der Waals surface area (Å²) in [5.41, 5.74) is -5.24. The zero-order valence-corrected chi connectivity index (χ0v) is 16.6. The number of hydrogen-bond acceptors (Lipinski definition) is 4. The van der Waals surface area contributed by atoms with Crippen molar-refractivity contribution in [3.05, 3.63) is 0 Å². The van der Waals surface area contributed by atoms with Crippen LogP contribution in [0, 0.1) is 0 Å². The Kier molecular flexibility index (Phi) is 8.61. The van der Waals surface area contributed by atoms with Gasteiger partial charge in [0.25, 0.3) is 0 Å². The molecule has 0 spiro atoms. The maximum atomic E-state index is 12.6. The lowest BCUT2D eigenvalue weighted by molar-refractivity contribution is -0.0494. The number of halogens is 3. The molecule has 11 heteroatoms. The minimum absolute atomic E-state index is 0.117. The molecular weight excluding hydrogens is 371 g/mol. The zero-order chi connectivity index (χ0) is 20.0. The monoisotopic (exact) mass is 401 g/mol. The second-order valence-electron chi connectivity index (χ2n) is 6.51. The van der Waals surface area contributed by atoms with Gasteiger partial charge in [-0.25, -0.2) is 8.42 Å². The Balaban J connectivity index is 2.43. The number of likely N-dealkylation sites (N-methyl/N-ethyl adjacent to an activating group) is 1. The largest absolute Gasteiger partial charge is 0.511 e. The van der Waals surface area contributed by atoms with Gasteiger partial charge in [0.2, 0.25) is 0 Å². The van der Waals surface area contributed by atoms with E-state index in [1.165, 1.54) is 0 Å². The minimum Gasteiger partial charge on any atom is -0.355 e. The molecule has 0 amide bonds.